The molecule has 3 aromatic rings. The van der Waals surface area contributed by atoms with Crippen molar-refractivity contribution in [2.24, 2.45) is 5.92 Å². The quantitative estimate of drug-likeness (QED) is 0.779. The Balaban J connectivity index is 1.35. The molecule has 6 heteroatoms. The minimum atomic E-state index is -0.109. The SMILES string of the molecule is O=C(NC1CC(Cn2ccnn2)C1)c1cc(-c2ccccc2)ccn1. The Labute approximate surface area is 145 Å². The first-order valence-corrected chi connectivity index (χ1v) is 8.44. The van der Waals surface area contributed by atoms with Crippen LogP contribution in [0.4, 0.5) is 0 Å². The van der Waals surface area contributed by atoms with E-state index < -0.39 is 0 Å². The Morgan fingerprint density at radius 2 is 1.96 bits per heavy atom. The van der Waals surface area contributed by atoms with E-state index in [2.05, 4.69) is 20.6 Å². The number of rotatable bonds is 5. The summed E-state index contributed by atoms with van der Waals surface area (Å²) in [5.74, 6) is 0.428. The molecule has 126 valence electrons. The molecule has 1 aromatic carbocycles. The molecule has 1 saturated carbocycles. The van der Waals surface area contributed by atoms with E-state index in [0.29, 0.717) is 11.6 Å². The molecule has 0 aliphatic heterocycles. The maximum atomic E-state index is 12.5. The molecule has 6 nitrogen and oxygen atoms in total. The van der Waals surface area contributed by atoms with Crippen molar-refractivity contribution in [3.8, 4) is 11.1 Å². The molecule has 4 rings (SSSR count). The molecule has 25 heavy (non-hydrogen) atoms. The largest absolute Gasteiger partial charge is 0.348 e. The molecular weight excluding hydrogens is 314 g/mol. The van der Waals surface area contributed by atoms with E-state index in [-0.39, 0.29) is 11.9 Å². The van der Waals surface area contributed by atoms with Gasteiger partial charge in [0.15, 0.2) is 0 Å². The number of amides is 1. The lowest BCUT2D eigenvalue weighted by atomic mass is 9.80. The maximum Gasteiger partial charge on any atom is 0.270 e. The van der Waals surface area contributed by atoms with Crippen LogP contribution in [0.3, 0.4) is 0 Å². The molecule has 2 heterocycles. The predicted octanol–water partition coefficient (Wildman–Crippen LogP) is 2.55. The Bertz CT molecular complexity index is 841. The lowest BCUT2D eigenvalue weighted by molar-refractivity contribution is 0.0874. The van der Waals surface area contributed by atoms with Gasteiger partial charge in [-0.3, -0.25) is 14.5 Å². The monoisotopic (exact) mass is 333 g/mol. The molecule has 0 saturated heterocycles. The van der Waals surface area contributed by atoms with Crippen molar-refractivity contribution in [1.29, 1.82) is 0 Å². The van der Waals surface area contributed by atoms with Crippen LogP contribution in [-0.2, 0) is 6.54 Å². The summed E-state index contributed by atoms with van der Waals surface area (Å²) in [7, 11) is 0. The van der Waals surface area contributed by atoms with Crippen molar-refractivity contribution < 1.29 is 4.79 Å². The van der Waals surface area contributed by atoms with E-state index >= 15 is 0 Å². The van der Waals surface area contributed by atoms with Crippen molar-refractivity contribution >= 4 is 5.91 Å². The van der Waals surface area contributed by atoms with Gasteiger partial charge < -0.3 is 5.32 Å². The number of pyridine rings is 1. The summed E-state index contributed by atoms with van der Waals surface area (Å²) in [6, 6.07) is 14.0. The van der Waals surface area contributed by atoms with Gasteiger partial charge in [0.1, 0.15) is 5.69 Å². The van der Waals surface area contributed by atoms with E-state index in [1.165, 1.54) is 0 Å². The highest BCUT2D eigenvalue weighted by Crippen LogP contribution is 2.29. The number of hydrogen-bond donors (Lipinski definition) is 1. The third-order valence-electron chi connectivity index (χ3n) is 4.59. The van der Waals surface area contributed by atoms with Gasteiger partial charge in [-0.15, -0.1) is 5.10 Å². The molecule has 0 radical (unpaired) electrons. The molecule has 1 aliphatic carbocycles. The van der Waals surface area contributed by atoms with E-state index in [4.69, 9.17) is 0 Å². The van der Waals surface area contributed by atoms with Crippen LogP contribution in [0.5, 0.6) is 0 Å². The molecule has 1 N–H and O–H groups in total. The second kappa shape index (κ2) is 6.84. The molecule has 2 aromatic heterocycles. The molecule has 0 bridgehead atoms. The third-order valence-corrected chi connectivity index (χ3v) is 4.59. The van der Waals surface area contributed by atoms with Gasteiger partial charge >= 0.3 is 0 Å². The molecule has 1 amide bonds. The molecular formula is C19H19N5O. The van der Waals surface area contributed by atoms with Crippen LogP contribution in [-0.4, -0.2) is 31.9 Å². The number of aromatic nitrogens is 4. The summed E-state index contributed by atoms with van der Waals surface area (Å²) in [4.78, 5) is 16.7. The highest BCUT2D eigenvalue weighted by molar-refractivity contribution is 5.93. The van der Waals surface area contributed by atoms with Crippen LogP contribution >= 0.6 is 0 Å². The molecule has 0 spiro atoms. The van der Waals surface area contributed by atoms with E-state index in [1.54, 1.807) is 12.4 Å². The van der Waals surface area contributed by atoms with Crippen LogP contribution in [0, 0.1) is 5.92 Å². The fourth-order valence-corrected chi connectivity index (χ4v) is 3.22. The summed E-state index contributed by atoms with van der Waals surface area (Å²) in [5.41, 5.74) is 2.54. The number of nitrogens with one attached hydrogen (secondary N) is 1. The highest BCUT2D eigenvalue weighted by Gasteiger charge is 2.31. The number of nitrogens with zero attached hydrogens (tertiary/aromatic N) is 4. The van der Waals surface area contributed by atoms with E-state index in [9.17, 15) is 4.79 Å². The van der Waals surface area contributed by atoms with Crippen LogP contribution in [0.25, 0.3) is 11.1 Å². The Kier molecular flexibility index (Phi) is 4.24. The van der Waals surface area contributed by atoms with Gasteiger partial charge in [0.25, 0.3) is 5.91 Å². The first-order chi connectivity index (χ1) is 12.3. The van der Waals surface area contributed by atoms with Crippen molar-refractivity contribution in [2.75, 3.05) is 0 Å². The van der Waals surface area contributed by atoms with Crippen molar-refractivity contribution in [2.45, 2.75) is 25.4 Å². The highest BCUT2D eigenvalue weighted by atomic mass is 16.1. The van der Waals surface area contributed by atoms with Crippen LogP contribution in [0.1, 0.15) is 23.3 Å². The maximum absolute atomic E-state index is 12.5. The number of carbonyl (C=O) groups excluding carboxylic acids is 1. The smallest absolute Gasteiger partial charge is 0.270 e. The zero-order valence-electron chi connectivity index (χ0n) is 13.7. The average Bonchev–Trinajstić information content (AvgIpc) is 3.14. The van der Waals surface area contributed by atoms with Gasteiger partial charge in [0.05, 0.1) is 6.20 Å². The molecule has 0 atom stereocenters. The number of benzene rings is 1. The minimum absolute atomic E-state index is 0.109. The Morgan fingerprint density at radius 1 is 1.12 bits per heavy atom. The van der Waals surface area contributed by atoms with E-state index in [0.717, 1.165) is 30.5 Å². The Morgan fingerprint density at radius 3 is 2.72 bits per heavy atom. The van der Waals surface area contributed by atoms with E-state index in [1.807, 2.05) is 53.3 Å². The fourth-order valence-electron chi connectivity index (χ4n) is 3.22. The van der Waals surface area contributed by atoms with Gasteiger partial charge in [-0.1, -0.05) is 35.5 Å². The zero-order valence-corrected chi connectivity index (χ0v) is 13.7. The topological polar surface area (TPSA) is 72.7 Å². The first kappa shape index (κ1) is 15.5. The second-order valence-electron chi connectivity index (χ2n) is 6.43. The molecule has 1 aliphatic rings. The first-order valence-electron chi connectivity index (χ1n) is 8.44. The number of carbonyl (C=O) groups is 1. The molecule has 0 unspecified atom stereocenters. The van der Waals surface area contributed by atoms with Gasteiger partial charge in [0, 0.05) is 25.0 Å². The van der Waals surface area contributed by atoms with Gasteiger partial charge in [-0.2, -0.15) is 0 Å². The van der Waals surface area contributed by atoms with Crippen molar-refractivity contribution in [1.82, 2.24) is 25.3 Å². The standard InChI is InChI=1S/C19H19N5O/c25-19(22-17-10-14(11-17)13-24-9-8-21-23-24)18-12-16(6-7-20-18)15-4-2-1-3-5-15/h1-9,12,14,17H,10-11,13H2,(H,22,25). The Hall–Kier alpha value is -3.02. The van der Waals surface area contributed by atoms with Crippen molar-refractivity contribution in [3.05, 3.63) is 66.7 Å². The van der Waals surface area contributed by atoms with Crippen LogP contribution in [0.15, 0.2) is 61.1 Å². The van der Waals surface area contributed by atoms with Crippen LogP contribution in [0.2, 0.25) is 0 Å². The van der Waals surface area contributed by atoms with Gasteiger partial charge in [-0.05, 0) is 42.0 Å². The second-order valence-corrected chi connectivity index (χ2v) is 6.43. The minimum Gasteiger partial charge on any atom is -0.348 e. The fraction of sp³-hybridized carbons (Fsp3) is 0.263. The average molecular weight is 333 g/mol. The summed E-state index contributed by atoms with van der Waals surface area (Å²) in [5, 5.41) is 10.9. The predicted molar refractivity (Wildman–Crippen MR) is 93.7 cm³/mol. The van der Waals surface area contributed by atoms with Gasteiger partial charge in [0.2, 0.25) is 0 Å². The van der Waals surface area contributed by atoms with Gasteiger partial charge in [-0.25, -0.2) is 0 Å². The summed E-state index contributed by atoms with van der Waals surface area (Å²) < 4.78 is 1.84. The lowest BCUT2D eigenvalue weighted by Gasteiger charge is -2.35. The third kappa shape index (κ3) is 3.57. The normalized spacial score (nSPS) is 19.2. The summed E-state index contributed by atoms with van der Waals surface area (Å²) in [6.45, 7) is 0.855. The summed E-state index contributed by atoms with van der Waals surface area (Å²) in [6.07, 6.45) is 7.16. The number of hydrogen-bond acceptors (Lipinski definition) is 4. The molecule has 1 fully saturated rings. The lowest BCUT2D eigenvalue weighted by Crippen LogP contribution is -2.45. The van der Waals surface area contributed by atoms with Crippen molar-refractivity contribution in [3.63, 3.8) is 0 Å². The van der Waals surface area contributed by atoms with Crippen LogP contribution < -0.4 is 5.32 Å². The zero-order chi connectivity index (χ0) is 17.1. The summed E-state index contributed by atoms with van der Waals surface area (Å²) >= 11 is 0.